The van der Waals surface area contributed by atoms with E-state index in [0.717, 1.165) is 16.5 Å². The highest BCUT2D eigenvalue weighted by Gasteiger charge is 2.25. The molecule has 196 valence electrons. The van der Waals surface area contributed by atoms with Gasteiger partial charge in [0.05, 0.1) is 12.1 Å². The zero-order chi connectivity index (χ0) is 26.5. The van der Waals surface area contributed by atoms with E-state index in [0.29, 0.717) is 32.1 Å². The van der Waals surface area contributed by atoms with Crippen molar-refractivity contribution in [1.29, 1.82) is 0 Å². The largest absolute Gasteiger partial charge is 0.370 e. The van der Waals surface area contributed by atoms with Crippen molar-refractivity contribution >= 4 is 40.9 Å². The average molecular weight is 501 g/mol. The molecule has 0 aliphatic carbocycles. The van der Waals surface area contributed by atoms with Crippen LogP contribution in [0.3, 0.4) is 0 Å². The minimum Gasteiger partial charge on any atom is -0.370 e. The zero-order valence-electron chi connectivity index (χ0n) is 20.2. The Morgan fingerprint density at radius 2 is 1.58 bits per heavy atom. The van der Waals surface area contributed by atoms with E-state index in [-0.39, 0.29) is 31.3 Å². The number of H-pyrrole nitrogens is 1. The molecule has 2 amide bonds. The molecule has 2 rings (SSSR count). The number of guanidine groups is 2. The third-order valence-electron chi connectivity index (χ3n) is 5.49. The lowest BCUT2D eigenvalue weighted by atomic mass is 10.0. The molecular weight excluding hydrogens is 464 g/mol. The van der Waals surface area contributed by atoms with E-state index < -0.39 is 29.9 Å². The van der Waals surface area contributed by atoms with Crippen LogP contribution in [0.15, 0.2) is 40.4 Å². The Morgan fingerprint density at radius 1 is 0.944 bits per heavy atom. The first-order chi connectivity index (χ1) is 17.2. The number of hydrogen-bond acceptors (Lipinski definition) is 6. The topological polar surface area (TPSA) is 246 Å². The molecule has 0 fully saturated rings. The molecule has 0 spiro atoms. The molecule has 1 aromatic carbocycles. The number of aromatic nitrogens is 1. The molecule has 0 aliphatic rings. The van der Waals surface area contributed by atoms with Crippen LogP contribution in [0.2, 0.25) is 0 Å². The van der Waals surface area contributed by atoms with Crippen molar-refractivity contribution in [3.8, 4) is 0 Å². The number of aldehydes is 1. The van der Waals surface area contributed by atoms with Crippen LogP contribution in [-0.4, -0.2) is 66.2 Å². The van der Waals surface area contributed by atoms with Crippen molar-refractivity contribution in [2.45, 2.75) is 50.2 Å². The molecule has 0 saturated carbocycles. The first kappa shape index (κ1) is 28.1. The first-order valence-corrected chi connectivity index (χ1v) is 11.7. The molecule has 0 saturated heterocycles. The van der Waals surface area contributed by atoms with Gasteiger partial charge in [-0.05, 0) is 37.3 Å². The Labute approximate surface area is 209 Å². The smallest absolute Gasteiger partial charge is 0.243 e. The van der Waals surface area contributed by atoms with E-state index in [9.17, 15) is 14.4 Å². The van der Waals surface area contributed by atoms with E-state index in [1.165, 1.54) is 0 Å². The van der Waals surface area contributed by atoms with E-state index in [1.807, 2.05) is 30.5 Å². The lowest BCUT2D eigenvalue weighted by Crippen LogP contribution is -2.53. The van der Waals surface area contributed by atoms with Gasteiger partial charge >= 0.3 is 0 Å². The lowest BCUT2D eigenvalue weighted by Gasteiger charge is -2.22. The number of nitrogens with zero attached hydrogens (tertiary/aromatic N) is 2. The predicted molar refractivity (Wildman–Crippen MR) is 140 cm³/mol. The van der Waals surface area contributed by atoms with E-state index >= 15 is 0 Å². The maximum Gasteiger partial charge on any atom is 0.243 e. The molecule has 0 unspecified atom stereocenters. The highest BCUT2D eigenvalue weighted by molar-refractivity contribution is 5.91. The highest BCUT2D eigenvalue weighted by Crippen LogP contribution is 2.19. The molecule has 2 aromatic rings. The van der Waals surface area contributed by atoms with Gasteiger partial charge in [-0.2, -0.15) is 0 Å². The summed E-state index contributed by atoms with van der Waals surface area (Å²) in [7, 11) is 0. The Balaban J connectivity index is 2.03. The Hall–Kier alpha value is -4.13. The molecule has 36 heavy (non-hydrogen) atoms. The second-order valence-corrected chi connectivity index (χ2v) is 8.38. The molecular formula is C23H36N10O3. The summed E-state index contributed by atoms with van der Waals surface area (Å²) in [6, 6.07) is 5.09. The van der Waals surface area contributed by atoms with Crippen LogP contribution in [0.1, 0.15) is 31.2 Å². The molecule has 1 aromatic heterocycles. The lowest BCUT2D eigenvalue weighted by molar-refractivity contribution is -0.130. The summed E-state index contributed by atoms with van der Waals surface area (Å²) in [4.78, 5) is 48.4. The van der Waals surface area contributed by atoms with Gasteiger partial charge < -0.3 is 49.1 Å². The van der Waals surface area contributed by atoms with Gasteiger partial charge in [-0.15, -0.1) is 0 Å². The van der Waals surface area contributed by atoms with Crippen LogP contribution in [0.4, 0.5) is 0 Å². The van der Waals surface area contributed by atoms with E-state index in [1.54, 1.807) is 0 Å². The number of aliphatic imine (C=N–C) groups is 2. The summed E-state index contributed by atoms with van der Waals surface area (Å²) in [5.74, 6) is -1.11. The number of nitrogens with two attached hydrogens (primary N) is 5. The fourth-order valence-corrected chi connectivity index (χ4v) is 3.66. The second-order valence-electron chi connectivity index (χ2n) is 8.38. The third-order valence-corrected chi connectivity index (χ3v) is 5.49. The normalized spacial score (nSPS) is 13.2. The van der Waals surface area contributed by atoms with Gasteiger partial charge in [0.2, 0.25) is 11.8 Å². The monoisotopic (exact) mass is 500 g/mol. The molecule has 13 heteroatoms. The number of aromatic amines is 1. The van der Waals surface area contributed by atoms with Crippen LogP contribution in [0, 0.1) is 0 Å². The van der Waals surface area contributed by atoms with Crippen molar-refractivity contribution in [2.24, 2.45) is 38.7 Å². The summed E-state index contributed by atoms with van der Waals surface area (Å²) in [6.45, 7) is 0.611. The maximum atomic E-state index is 13.1. The molecule has 0 radical (unpaired) electrons. The van der Waals surface area contributed by atoms with Gasteiger partial charge in [0.25, 0.3) is 0 Å². The highest BCUT2D eigenvalue weighted by atomic mass is 16.2. The number of rotatable bonds is 15. The summed E-state index contributed by atoms with van der Waals surface area (Å²) in [5, 5.41) is 6.36. The molecule has 0 aliphatic heterocycles. The summed E-state index contributed by atoms with van der Waals surface area (Å²) in [5.41, 5.74) is 29.1. The number of hydrogen-bond donors (Lipinski definition) is 8. The molecule has 13 nitrogen and oxygen atoms in total. The first-order valence-electron chi connectivity index (χ1n) is 11.7. The number of para-hydroxylation sites is 1. The van der Waals surface area contributed by atoms with Crippen molar-refractivity contribution in [3.63, 3.8) is 0 Å². The fraction of sp³-hybridized carbons (Fsp3) is 0.435. The maximum absolute atomic E-state index is 13.1. The number of amides is 2. The van der Waals surface area contributed by atoms with Crippen molar-refractivity contribution in [3.05, 3.63) is 36.0 Å². The Bertz CT molecular complexity index is 1070. The van der Waals surface area contributed by atoms with Crippen molar-refractivity contribution < 1.29 is 14.4 Å². The minimum atomic E-state index is -0.930. The van der Waals surface area contributed by atoms with Crippen LogP contribution in [0.5, 0.6) is 0 Å². The Kier molecular flexibility index (Phi) is 11.2. The van der Waals surface area contributed by atoms with Crippen LogP contribution in [0.25, 0.3) is 10.9 Å². The number of benzene rings is 1. The zero-order valence-corrected chi connectivity index (χ0v) is 20.2. The van der Waals surface area contributed by atoms with Gasteiger partial charge in [0.1, 0.15) is 12.3 Å². The number of fused-ring (bicyclic) bond motifs is 1. The number of carbonyl (C=O) groups excluding carboxylic acids is 3. The van der Waals surface area contributed by atoms with E-state index in [4.69, 9.17) is 28.7 Å². The van der Waals surface area contributed by atoms with Gasteiger partial charge in [-0.1, -0.05) is 18.2 Å². The fourth-order valence-electron chi connectivity index (χ4n) is 3.66. The average Bonchev–Trinajstić information content (AvgIpc) is 3.25. The van der Waals surface area contributed by atoms with Crippen LogP contribution >= 0.6 is 0 Å². The molecule has 3 atom stereocenters. The van der Waals surface area contributed by atoms with Gasteiger partial charge in [0.15, 0.2) is 11.9 Å². The molecule has 13 N–H and O–H groups in total. The minimum absolute atomic E-state index is 0.0390. The molecule has 1 heterocycles. The van der Waals surface area contributed by atoms with Crippen molar-refractivity contribution in [1.82, 2.24) is 15.6 Å². The standard InChI is InChI=1S/C23H36N10O3/c24-17(6-3-9-29-22(25)26)20(35)33-19(8-4-10-30-23(27)28)21(36)32-15(13-34)11-14-12-31-18-7-2-1-5-16(14)18/h1-2,5,7,12-13,15,17,19,31H,3-4,6,8-11,24H2,(H,32,36)(H,33,35)(H4,25,26,29)(H4,27,28,30)/t15-,17-,19-/m0/s1. The van der Waals surface area contributed by atoms with Gasteiger partial charge in [0, 0.05) is 36.6 Å². The summed E-state index contributed by atoms with van der Waals surface area (Å²) in [6.07, 6.45) is 4.25. The second kappa shape index (κ2) is 14.3. The Morgan fingerprint density at radius 3 is 2.22 bits per heavy atom. The SMILES string of the molecule is NC(N)=NCCC[C@H](NC(=O)[C@@H](N)CCCN=C(N)N)C(=O)N[C@H](C=O)Cc1c[nH]c2ccccc12. The summed E-state index contributed by atoms with van der Waals surface area (Å²) < 4.78 is 0. The number of carbonyl (C=O) groups is 3. The van der Waals surface area contributed by atoms with Gasteiger partial charge in [-0.3, -0.25) is 19.6 Å². The summed E-state index contributed by atoms with van der Waals surface area (Å²) >= 11 is 0. The predicted octanol–water partition coefficient (Wildman–Crippen LogP) is -1.69. The third kappa shape index (κ3) is 9.25. The quantitative estimate of drug-likeness (QED) is 0.0605. The van der Waals surface area contributed by atoms with E-state index in [2.05, 4.69) is 25.6 Å². The van der Waals surface area contributed by atoms with Crippen molar-refractivity contribution in [2.75, 3.05) is 13.1 Å². The molecule has 0 bridgehead atoms. The van der Waals surface area contributed by atoms with Crippen LogP contribution in [-0.2, 0) is 20.8 Å². The van der Waals surface area contributed by atoms with Crippen LogP contribution < -0.4 is 39.3 Å². The van der Waals surface area contributed by atoms with Gasteiger partial charge in [-0.25, -0.2) is 0 Å². The number of nitrogens with one attached hydrogen (secondary N) is 3.